The van der Waals surface area contributed by atoms with Gasteiger partial charge in [-0.25, -0.2) is 4.98 Å². The number of aromatic nitrogens is 1. The van der Waals surface area contributed by atoms with Gasteiger partial charge in [-0.2, -0.15) is 0 Å². The van der Waals surface area contributed by atoms with Crippen LogP contribution in [-0.4, -0.2) is 28.5 Å². The molecule has 1 aromatic heterocycles. The summed E-state index contributed by atoms with van der Waals surface area (Å²) in [5.74, 6) is -0.273. The molecule has 2 heterocycles. The van der Waals surface area contributed by atoms with Gasteiger partial charge in [-0.3, -0.25) is 19.3 Å². The van der Waals surface area contributed by atoms with Gasteiger partial charge in [0.2, 0.25) is 17.7 Å². The molecule has 0 radical (unpaired) electrons. The van der Waals surface area contributed by atoms with E-state index in [2.05, 4.69) is 17.2 Å². The van der Waals surface area contributed by atoms with Crippen molar-refractivity contribution in [1.29, 1.82) is 0 Å². The molecule has 0 unspecified atom stereocenters. The van der Waals surface area contributed by atoms with E-state index in [1.807, 2.05) is 36.4 Å². The number of thiazole rings is 1. The number of rotatable bonds is 6. The highest BCUT2D eigenvalue weighted by Crippen LogP contribution is 2.41. The Hall–Kier alpha value is -2.71. The summed E-state index contributed by atoms with van der Waals surface area (Å²) in [6.45, 7) is 2.10. The predicted molar refractivity (Wildman–Crippen MR) is 133 cm³/mol. The van der Waals surface area contributed by atoms with Crippen LogP contribution in [0.4, 0.5) is 11.4 Å². The number of nitrogens with zero attached hydrogens (tertiary/aromatic N) is 2. The fourth-order valence-corrected chi connectivity index (χ4v) is 6.56. The van der Waals surface area contributed by atoms with Crippen LogP contribution in [0.3, 0.4) is 0 Å². The number of anilines is 2. The highest BCUT2D eigenvalue weighted by molar-refractivity contribution is 8.01. The highest BCUT2D eigenvalue weighted by atomic mass is 32.2. The summed E-state index contributed by atoms with van der Waals surface area (Å²) in [6.07, 6.45) is 4.60. The van der Waals surface area contributed by atoms with Crippen LogP contribution in [-0.2, 0) is 20.8 Å². The molecular weight excluding hydrogens is 454 g/mol. The zero-order valence-corrected chi connectivity index (χ0v) is 20.0. The molecule has 1 saturated carbocycles. The first-order chi connectivity index (χ1) is 16.0. The normalized spacial score (nSPS) is 20.3. The van der Waals surface area contributed by atoms with Gasteiger partial charge in [-0.1, -0.05) is 43.7 Å². The third-order valence-electron chi connectivity index (χ3n) is 6.42. The van der Waals surface area contributed by atoms with Gasteiger partial charge in [-0.05, 0) is 55.2 Å². The zero-order valence-electron chi connectivity index (χ0n) is 18.4. The molecule has 6 nitrogen and oxygen atoms in total. The smallest absolute Gasteiger partial charge is 0.237 e. The topological polar surface area (TPSA) is 79.4 Å². The molecule has 8 heteroatoms. The third-order valence-corrected chi connectivity index (χ3v) is 8.59. The summed E-state index contributed by atoms with van der Waals surface area (Å²) in [6, 6.07) is 13.4. The standard InChI is InChI=1S/C25H25N3O3S2/c1-2-15-7-9-16(10-8-15)26-22(29)14-32-25-27-20-12-11-17(13-21(20)33-25)28-23(30)18-5-3-4-6-19(18)24(28)31/h7-13,18-19H,2-6,14H2,1H3,(H,26,29)/t18-,19-/m0/s1. The van der Waals surface area contributed by atoms with Gasteiger partial charge in [0.25, 0.3) is 0 Å². The van der Waals surface area contributed by atoms with E-state index in [0.717, 1.165) is 52.3 Å². The number of benzene rings is 2. The molecular formula is C25H25N3O3S2. The van der Waals surface area contributed by atoms with Gasteiger partial charge in [0, 0.05) is 5.69 Å². The maximum absolute atomic E-state index is 12.9. The lowest BCUT2D eigenvalue weighted by Crippen LogP contribution is -2.30. The number of aryl methyl sites for hydroxylation is 1. The Morgan fingerprint density at radius 3 is 2.45 bits per heavy atom. The molecule has 3 aromatic rings. The lowest BCUT2D eigenvalue weighted by molar-refractivity contribution is -0.122. The fourth-order valence-electron chi connectivity index (χ4n) is 4.66. The third kappa shape index (κ3) is 4.42. The van der Waals surface area contributed by atoms with Crippen molar-refractivity contribution in [3.63, 3.8) is 0 Å². The summed E-state index contributed by atoms with van der Waals surface area (Å²) in [7, 11) is 0. The maximum Gasteiger partial charge on any atom is 0.237 e. The van der Waals surface area contributed by atoms with Crippen LogP contribution in [0.2, 0.25) is 0 Å². The van der Waals surface area contributed by atoms with Crippen molar-refractivity contribution in [2.75, 3.05) is 16.0 Å². The van der Waals surface area contributed by atoms with Crippen LogP contribution in [0.1, 0.15) is 38.2 Å². The summed E-state index contributed by atoms with van der Waals surface area (Å²) < 4.78 is 1.69. The molecule has 0 spiro atoms. The molecule has 2 fully saturated rings. The van der Waals surface area contributed by atoms with E-state index in [0.29, 0.717) is 5.69 Å². The molecule has 1 saturated heterocycles. The Kier molecular flexibility index (Phi) is 6.21. The van der Waals surface area contributed by atoms with E-state index in [1.165, 1.54) is 33.6 Å². The first-order valence-electron chi connectivity index (χ1n) is 11.3. The van der Waals surface area contributed by atoms with Crippen molar-refractivity contribution in [2.45, 2.75) is 43.4 Å². The highest BCUT2D eigenvalue weighted by Gasteiger charge is 2.48. The first-order valence-corrected chi connectivity index (χ1v) is 13.1. The minimum absolute atomic E-state index is 0.0631. The Labute approximate surface area is 200 Å². The van der Waals surface area contributed by atoms with Crippen LogP contribution in [0.15, 0.2) is 46.8 Å². The van der Waals surface area contributed by atoms with E-state index in [9.17, 15) is 14.4 Å². The average molecular weight is 480 g/mol. The molecule has 2 aliphatic rings. The molecule has 1 aliphatic heterocycles. The van der Waals surface area contributed by atoms with Gasteiger partial charge < -0.3 is 5.32 Å². The second-order valence-corrected chi connectivity index (χ2v) is 10.8. The summed E-state index contributed by atoms with van der Waals surface area (Å²) in [5, 5.41) is 2.91. The summed E-state index contributed by atoms with van der Waals surface area (Å²) >= 11 is 2.86. The number of nitrogens with one attached hydrogen (secondary N) is 1. The van der Waals surface area contributed by atoms with Crippen molar-refractivity contribution in [3.8, 4) is 0 Å². The van der Waals surface area contributed by atoms with Crippen LogP contribution >= 0.6 is 23.1 Å². The number of fused-ring (bicyclic) bond motifs is 2. The first kappa shape index (κ1) is 22.1. The van der Waals surface area contributed by atoms with E-state index < -0.39 is 0 Å². The van der Waals surface area contributed by atoms with E-state index in [4.69, 9.17) is 0 Å². The monoisotopic (exact) mass is 479 g/mol. The van der Waals surface area contributed by atoms with Gasteiger partial charge in [0.05, 0.1) is 33.5 Å². The SMILES string of the molecule is CCc1ccc(NC(=O)CSc2nc3ccc(N4C(=O)[C@H]5CCCC[C@@H]5C4=O)cc3s2)cc1. The van der Waals surface area contributed by atoms with E-state index in [1.54, 1.807) is 6.07 Å². The Morgan fingerprint density at radius 2 is 1.79 bits per heavy atom. The average Bonchev–Trinajstić information content (AvgIpc) is 3.36. The number of amides is 3. The summed E-state index contributed by atoms with van der Waals surface area (Å²) in [5.41, 5.74) is 3.44. The van der Waals surface area contributed by atoms with Crippen LogP contribution in [0.5, 0.6) is 0 Å². The van der Waals surface area contributed by atoms with Crippen LogP contribution in [0.25, 0.3) is 10.2 Å². The molecule has 1 aliphatic carbocycles. The van der Waals surface area contributed by atoms with Crippen molar-refractivity contribution in [3.05, 3.63) is 48.0 Å². The molecule has 2 atom stereocenters. The largest absolute Gasteiger partial charge is 0.325 e. The second-order valence-electron chi connectivity index (χ2n) is 8.53. The minimum atomic E-state index is -0.161. The molecule has 5 rings (SSSR count). The Morgan fingerprint density at radius 1 is 1.09 bits per heavy atom. The number of hydrogen-bond donors (Lipinski definition) is 1. The van der Waals surface area contributed by atoms with Crippen LogP contribution < -0.4 is 10.2 Å². The minimum Gasteiger partial charge on any atom is -0.325 e. The molecule has 2 aromatic carbocycles. The van der Waals surface area contributed by atoms with Gasteiger partial charge >= 0.3 is 0 Å². The molecule has 1 N–H and O–H groups in total. The fraction of sp³-hybridized carbons (Fsp3) is 0.360. The lowest BCUT2D eigenvalue weighted by Gasteiger charge is -2.19. The second kappa shape index (κ2) is 9.27. The predicted octanol–water partition coefficient (Wildman–Crippen LogP) is 5.27. The van der Waals surface area contributed by atoms with Gasteiger partial charge in [0.15, 0.2) is 4.34 Å². The number of imide groups is 1. The lowest BCUT2D eigenvalue weighted by atomic mass is 9.81. The molecule has 3 amide bonds. The Bertz CT molecular complexity index is 1200. The zero-order chi connectivity index (χ0) is 22.9. The Balaban J connectivity index is 1.26. The van der Waals surface area contributed by atoms with Crippen molar-refractivity contribution in [2.24, 2.45) is 11.8 Å². The van der Waals surface area contributed by atoms with E-state index >= 15 is 0 Å². The molecule has 170 valence electrons. The maximum atomic E-state index is 12.9. The van der Waals surface area contributed by atoms with E-state index in [-0.39, 0.29) is 35.3 Å². The van der Waals surface area contributed by atoms with Gasteiger partial charge in [0.1, 0.15) is 0 Å². The molecule has 0 bridgehead atoms. The molecule has 33 heavy (non-hydrogen) atoms. The number of thioether (sulfide) groups is 1. The van der Waals surface area contributed by atoms with Gasteiger partial charge in [-0.15, -0.1) is 11.3 Å². The number of carbonyl (C=O) groups is 3. The summed E-state index contributed by atoms with van der Waals surface area (Å²) in [4.78, 5) is 44.1. The van der Waals surface area contributed by atoms with Crippen molar-refractivity contribution in [1.82, 2.24) is 4.98 Å². The number of carbonyl (C=O) groups excluding carboxylic acids is 3. The van der Waals surface area contributed by atoms with Crippen LogP contribution in [0, 0.1) is 11.8 Å². The van der Waals surface area contributed by atoms with Crippen molar-refractivity contribution >= 4 is 62.4 Å². The quantitative estimate of drug-likeness (QED) is 0.385. The number of hydrogen-bond acceptors (Lipinski definition) is 6. The van der Waals surface area contributed by atoms with Crippen molar-refractivity contribution < 1.29 is 14.4 Å².